The first kappa shape index (κ1) is 10.4. The van der Waals surface area contributed by atoms with Gasteiger partial charge in [0, 0.05) is 24.5 Å². The zero-order valence-electron chi connectivity index (χ0n) is 8.97. The molecular formula is C11H15N3S. The molecule has 0 bridgehead atoms. The number of aromatic nitrogens is 2. The summed E-state index contributed by atoms with van der Waals surface area (Å²) in [6, 6.07) is 6.67. The lowest BCUT2D eigenvalue weighted by Gasteiger charge is -2.15. The molecule has 0 fully saturated rings. The molecule has 1 unspecified atom stereocenters. The van der Waals surface area contributed by atoms with Gasteiger partial charge in [0.25, 0.3) is 0 Å². The average Bonchev–Trinajstić information content (AvgIpc) is 2.85. The third-order valence-corrected chi connectivity index (χ3v) is 3.45. The molecule has 0 saturated heterocycles. The van der Waals surface area contributed by atoms with E-state index in [9.17, 15) is 0 Å². The maximum atomic E-state index is 4.19. The normalized spacial score (nSPS) is 12.9. The third kappa shape index (κ3) is 2.27. The summed E-state index contributed by atoms with van der Waals surface area (Å²) in [5, 5.41) is 9.64. The monoisotopic (exact) mass is 221 g/mol. The van der Waals surface area contributed by atoms with Crippen molar-refractivity contribution in [2.75, 3.05) is 7.05 Å². The minimum absolute atomic E-state index is 0.344. The standard InChI is InChI=1S/C11H15N3S/c1-12-10(8-9-4-3-7-15-9)11-5-6-13-14(11)2/h3-7,10,12H,8H2,1-2H3. The maximum Gasteiger partial charge on any atom is 0.0553 e. The summed E-state index contributed by atoms with van der Waals surface area (Å²) in [4.78, 5) is 1.40. The number of thiophene rings is 1. The number of nitrogens with one attached hydrogen (secondary N) is 1. The van der Waals surface area contributed by atoms with Crippen molar-refractivity contribution in [2.24, 2.45) is 7.05 Å². The highest BCUT2D eigenvalue weighted by atomic mass is 32.1. The van der Waals surface area contributed by atoms with E-state index in [1.165, 1.54) is 10.6 Å². The van der Waals surface area contributed by atoms with Gasteiger partial charge in [0.1, 0.15) is 0 Å². The molecule has 3 nitrogen and oxygen atoms in total. The van der Waals surface area contributed by atoms with Crippen LogP contribution in [-0.2, 0) is 13.5 Å². The molecule has 4 heteroatoms. The predicted molar refractivity (Wildman–Crippen MR) is 63.0 cm³/mol. The predicted octanol–water partition coefficient (Wildman–Crippen LogP) is 1.98. The molecule has 2 aromatic rings. The second-order valence-corrected chi connectivity index (χ2v) is 4.54. The van der Waals surface area contributed by atoms with Crippen molar-refractivity contribution in [3.05, 3.63) is 40.3 Å². The fourth-order valence-electron chi connectivity index (χ4n) is 1.71. The number of hydrogen-bond acceptors (Lipinski definition) is 3. The van der Waals surface area contributed by atoms with Crippen LogP contribution in [0, 0.1) is 0 Å². The summed E-state index contributed by atoms with van der Waals surface area (Å²) < 4.78 is 1.93. The van der Waals surface area contributed by atoms with E-state index in [-0.39, 0.29) is 0 Å². The third-order valence-electron chi connectivity index (χ3n) is 2.55. The van der Waals surface area contributed by atoms with Crippen LogP contribution >= 0.6 is 11.3 Å². The molecular weight excluding hydrogens is 206 g/mol. The van der Waals surface area contributed by atoms with Crippen molar-refractivity contribution in [1.29, 1.82) is 0 Å². The van der Waals surface area contributed by atoms with Gasteiger partial charge >= 0.3 is 0 Å². The molecule has 2 rings (SSSR count). The molecule has 1 atom stereocenters. The van der Waals surface area contributed by atoms with Crippen molar-refractivity contribution in [2.45, 2.75) is 12.5 Å². The number of nitrogens with zero attached hydrogens (tertiary/aromatic N) is 2. The van der Waals surface area contributed by atoms with Gasteiger partial charge in [-0.05, 0) is 24.6 Å². The highest BCUT2D eigenvalue weighted by Crippen LogP contribution is 2.20. The van der Waals surface area contributed by atoms with Crippen molar-refractivity contribution >= 4 is 11.3 Å². The zero-order valence-corrected chi connectivity index (χ0v) is 9.79. The van der Waals surface area contributed by atoms with Crippen LogP contribution in [0.5, 0.6) is 0 Å². The average molecular weight is 221 g/mol. The van der Waals surface area contributed by atoms with E-state index in [4.69, 9.17) is 0 Å². The Morgan fingerprint density at radius 3 is 2.93 bits per heavy atom. The van der Waals surface area contributed by atoms with Gasteiger partial charge in [0.2, 0.25) is 0 Å². The Hall–Kier alpha value is -1.13. The molecule has 0 spiro atoms. The second-order valence-electron chi connectivity index (χ2n) is 3.50. The van der Waals surface area contributed by atoms with E-state index in [1.54, 1.807) is 11.3 Å². The van der Waals surface area contributed by atoms with E-state index >= 15 is 0 Å². The summed E-state index contributed by atoms with van der Waals surface area (Å²) in [5.74, 6) is 0. The van der Waals surface area contributed by atoms with Gasteiger partial charge in [0.05, 0.1) is 11.7 Å². The first-order valence-corrected chi connectivity index (χ1v) is 5.87. The Bertz CT molecular complexity index is 405. The van der Waals surface area contributed by atoms with Crippen LogP contribution < -0.4 is 5.32 Å². The van der Waals surface area contributed by atoms with Gasteiger partial charge in [-0.1, -0.05) is 6.07 Å². The first-order valence-electron chi connectivity index (χ1n) is 4.99. The Labute approximate surface area is 93.7 Å². The van der Waals surface area contributed by atoms with Crippen LogP contribution in [0.15, 0.2) is 29.8 Å². The highest BCUT2D eigenvalue weighted by molar-refractivity contribution is 7.09. The minimum atomic E-state index is 0.344. The molecule has 0 aromatic carbocycles. The van der Waals surface area contributed by atoms with Gasteiger partial charge < -0.3 is 5.32 Å². The number of hydrogen-bond donors (Lipinski definition) is 1. The van der Waals surface area contributed by atoms with Crippen molar-refractivity contribution < 1.29 is 0 Å². The van der Waals surface area contributed by atoms with Crippen LogP contribution in [0.3, 0.4) is 0 Å². The molecule has 0 amide bonds. The summed E-state index contributed by atoms with van der Waals surface area (Å²) >= 11 is 1.80. The molecule has 1 N–H and O–H groups in total. The molecule has 0 saturated carbocycles. The van der Waals surface area contributed by atoms with Crippen LogP contribution in [0.1, 0.15) is 16.6 Å². The zero-order chi connectivity index (χ0) is 10.7. The molecule has 0 aliphatic rings. The second kappa shape index (κ2) is 4.59. The maximum absolute atomic E-state index is 4.19. The fraction of sp³-hybridized carbons (Fsp3) is 0.364. The fourth-order valence-corrected chi connectivity index (χ4v) is 2.46. The van der Waals surface area contributed by atoms with E-state index in [1.807, 2.05) is 25.0 Å². The van der Waals surface area contributed by atoms with Crippen molar-refractivity contribution in [3.8, 4) is 0 Å². The lowest BCUT2D eigenvalue weighted by Crippen LogP contribution is -2.21. The number of likely N-dealkylation sites (N-methyl/N-ethyl adjacent to an activating group) is 1. The molecule has 0 aliphatic heterocycles. The molecule has 2 aromatic heterocycles. The summed E-state index contributed by atoms with van der Waals surface area (Å²) in [7, 11) is 3.97. The van der Waals surface area contributed by atoms with Crippen molar-refractivity contribution in [1.82, 2.24) is 15.1 Å². The Balaban J connectivity index is 2.15. The van der Waals surface area contributed by atoms with Crippen LogP contribution in [0.2, 0.25) is 0 Å². The largest absolute Gasteiger partial charge is 0.311 e. The van der Waals surface area contributed by atoms with E-state index < -0.39 is 0 Å². The quantitative estimate of drug-likeness (QED) is 0.855. The van der Waals surface area contributed by atoms with E-state index in [0.29, 0.717) is 6.04 Å². The number of rotatable bonds is 4. The summed E-state index contributed by atoms with van der Waals surface area (Å²) in [6.07, 6.45) is 2.86. The van der Waals surface area contributed by atoms with Gasteiger partial charge in [-0.3, -0.25) is 4.68 Å². The highest BCUT2D eigenvalue weighted by Gasteiger charge is 2.13. The SMILES string of the molecule is CNC(Cc1cccs1)c1ccnn1C. The molecule has 80 valence electrons. The van der Waals surface area contributed by atoms with Crippen LogP contribution in [0.4, 0.5) is 0 Å². The topological polar surface area (TPSA) is 29.9 Å². The molecule has 15 heavy (non-hydrogen) atoms. The van der Waals surface area contributed by atoms with Gasteiger partial charge in [0.15, 0.2) is 0 Å². The first-order chi connectivity index (χ1) is 7.31. The molecule has 0 aliphatic carbocycles. The minimum Gasteiger partial charge on any atom is -0.311 e. The summed E-state index contributed by atoms with van der Waals surface area (Å²) in [5.41, 5.74) is 1.23. The van der Waals surface area contributed by atoms with Gasteiger partial charge in [-0.2, -0.15) is 5.10 Å². The lowest BCUT2D eigenvalue weighted by atomic mass is 10.1. The molecule has 2 heterocycles. The van der Waals surface area contributed by atoms with Gasteiger partial charge in [-0.15, -0.1) is 11.3 Å². The van der Waals surface area contributed by atoms with Gasteiger partial charge in [-0.25, -0.2) is 0 Å². The number of aryl methyl sites for hydroxylation is 1. The van der Waals surface area contributed by atoms with E-state index in [0.717, 1.165) is 6.42 Å². The summed E-state index contributed by atoms with van der Waals surface area (Å²) in [6.45, 7) is 0. The Morgan fingerprint density at radius 1 is 1.53 bits per heavy atom. The Kier molecular flexibility index (Phi) is 3.18. The van der Waals surface area contributed by atoms with E-state index in [2.05, 4.69) is 34.0 Å². The van der Waals surface area contributed by atoms with Crippen LogP contribution in [0.25, 0.3) is 0 Å². The lowest BCUT2D eigenvalue weighted by molar-refractivity contribution is 0.540. The van der Waals surface area contributed by atoms with Crippen LogP contribution in [-0.4, -0.2) is 16.8 Å². The van der Waals surface area contributed by atoms with Crippen molar-refractivity contribution in [3.63, 3.8) is 0 Å². The smallest absolute Gasteiger partial charge is 0.0553 e. The molecule has 0 radical (unpaired) electrons. The Morgan fingerprint density at radius 2 is 2.40 bits per heavy atom.